The summed E-state index contributed by atoms with van der Waals surface area (Å²) in [5.74, 6) is 0. The van der Waals surface area contributed by atoms with Crippen LogP contribution in [0, 0.1) is 0 Å². The second-order valence-electron chi connectivity index (χ2n) is 4.53. The van der Waals surface area contributed by atoms with Crippen molar-refractivity contribution < 1.29 is 0 Å². The highest BCUT2D eigenvalue weighted by atomic mass is 16.1. The number of aromatic amines is 1. The first-order valence-electron chi connectivity index (χ1n) is 5.82. The monoisotopic (exact) mass is 229 g/mol. The van der Waals surface area contributed by atoms with Crippen LogP contribution in [0.15, 0.2) is 35.1 Å². The second kappa shape index (κ2) is 3.89. The molecule has 2 aromatic rings. The molecule has 0 aliphatic carbocycles. The number of fused-ring (bicyclic) bond motifs is 1. The maximum absolute atomic E-state index is 12.3. The van der Waals surface area contributed by atoms with Gasteiger partial charge >= 0.3 is 0 Å². The molecule has 0 saturated heterocycles. The van der Waals surface area contributed by atoms with Crippen LogP contribution in [0.3, 0.4) is 0 Å². The van der Waals surface area contributed by atoms with Crippen molar-refractivity contribution in [2.45, 2.75) is 13.0 Å². The van der Waals surface area contributed by atoms with E-state index in [1.165, 1.54) is 0 Å². The van der Waals surface area contributed by atoms with Crippen molar-refractivity contribution in [2.24, 2.45) is 0 Å². The zero-order valence-corrected chi connectivity index (χ0v) is 9.81. The molecule has 0 atom stereocenters. The zero-order chi connectivity index (χ0) is 11.8. The summed E-state index contributed by atoms with van der Waals surface area (Å²) < 4.78 is 1.64. The van der Waals surface area contributed by atoms with Gasteiger partial charge in [0, 0.05) is 25.2 Å². The Morgan fingerprint density at radius 1 is 1.24 bits per heavy atom. The van der Waals surface area contributed by atoms with Gasteiger partial charge in [0.05, 0.1) is 11.3 Å². The van der Waals surface area contributed by atoms with E-state index in [-0.39, 0.29) is 5.56 Å². The number of H-pyrrole nitrogens is 1. The Kier molecular flexibility index (Phi) is 2.37. The first-order valence-corrected chi connectivity index (χ1v) is 5.82. The van der Waals surface area contributed by atoms with Crippen LogP contribution < -0.4 is 5.56 Å². The molecule has 3 rings (SSSR count). The maximum Gasteiger partial charge on any atom is 0.275 e. The average Bonchev–Trinajstić information content (AvgIpc) is 2.68. The number of hydrogen-bond acceptors (Lipinski definition) is 2. The van der Waals surface area contributed by atoms with Crippen molar-refractivity contribution >= 4 is 0 Å². The lowest BCUT2D eigenvalue weighted by Gasteiger charge is -2.20. The predicted molar refractivity (Wildman–Crippen MR) is 66.4 cm³/mol. The SMILES string of the molecule is CN1CCc2[nH]n(-c3ccccc3)c(=O)c2C1. The Bertz CT molecular complexity index is 582. The Morgan fingerprint density at radius 3 is 2.76 bits per heavy atom. The molecule has 1 aliphatic heterocycles. The summed E-state index contributed by atoms with van der Waals surface area (Å²) in [6.45, 7) is 1.74. The fourth-order valence-electron chi connectivity index (χ4n) is 2.30. The highest BCUT2D eigenvalue weighted by molar-refractivity contribution is 5.33. The van der Waals surface area contributed by atoms with E-state index in [0.29, 0.717) is 0 Å². The van der Waals surface area contributed by atoms with Crippen LogP contribution in [0.2, 0.25) is 0 Å². The highest BCUT2D eigenvalue weighted by Gasteiger charge is 2.20. The van der Waals surface area contributed by atoms with Crippen LogP contribution in [-0.2, 0) is 13.0 Å². The molecule has 0 saturated carbocycles. The molecular formula is C13H15N3O. The average molecular weight is 229 g/mol. The number of aromatic nitrogens is 2. The summed E-state index contributed by atoms with van der Waals surface area (Å²) in [7, 11) is 2.04. The normalized spacial score (nSPS) is 15.8. The van der Waals surface area contributed by atoms with Crippen LogP contribution in [0.1, 0.15) is 11.3 Å². The van der Waals surface area contributed by atoms with Gasteiger partial charge in [-0.3, -0.25) is 9.89 Å². The van der Waals surface area contributed by atoms with Gasteiger partial charge in [-0.15, -0.1) is 0 Å². The molecule has 1 N–H and O–H groups in total. The van der Waals surface area contributed by atoms with Gasteiger partial charge < -0.3 is 4.90 Å². The van der Waals surface area contributed by atoms with Crippen LogP contribution in [0.25, 0.3) is 5.69 Å². The maximum atomic E-state index is 12.3. The number of para-hydroxylation sites is 1. The van der Waals surface area contributed by atoms with E-state index in [0.717, 1.165) is 36.5 Å². The molecule has 4 heteroatoms. The predicted octanol–water partition coefficient (Wildman–Crippen LogP) is 1.15. The molecule has 0 fully saturated rings. The van der Waals surface area contributed by atoms with E-state index < -0.39 is 0 Å². The van der Waals surface area contributed by atoms with Gasteiger partial charge in [-0.1, -0.05) is 18.2 Å². The zero-order valence-electron chi connectivity index (χ0n) is 9.81. The van der Waals surface area contributed by atoms with Gasteiger partial charge in [0.25, 0.3) is 5.56 Å². The number of hydrogen-bond donors (Lipinski definition) is 1. The fourth-order valence-corrected chi connectivity index (χ4v) is 2.30. The van der Waals surface area contributed by atoms with E-state index in [4.69, 9.17) is 0 Å². The van der Waals surface area contributed by atoms with E-state index in [9.17, 15) is 4.79 Å². The van der Waals surface area contributed by atoms with Gasteiger partial charge in [-0.25, -0.2) is 4.68 Å². The highest BCUT2D eigenvalue weighted by Crippen LogP contribution is 2.14. The third kappa shape index (κ3) is 1.70. The summed E-state index contributed by atoms with van der Waals surface area (Å²) >= 11 is 0. The molecule has 17 heavy (non-hydrogen) atoms. The minimum absolute atomic E-state index is 0.0813. The number of benzene rings is 1. The molecule has 2 heterocycles. The van der Waals surface area contributed by atoms with Crippen LogP contribution in [0.5, 0.6) is 0 Å². The Balaban J connectivity index is 2.12. The molecule has 0 unspecified atom stereocenters. The number of nitrogens with one attached hydrogen (secondary N) is 1. The lowest BCUT2D eigenvalue weighted by molar-refractivity contribution is 0.311. The Hall–Kier alpha value is -1.81. The van der Waals surface area contributed by atoms with Crippen LogP contribution in [-0.4, -0.2) is 28.3 Å². The standard InChI is InChI=1S/C13H15N3O/c1-15-8-7-12-11(9-15)13(17)16(14-12)10-5-3-2-4-6-10/h2-6,14H,7-9H2,1H3. The fraction of sp³-hybridized carbons (Fsp3) is 0.308. The molecule has 4 nitrogen and oxygen atoms in total. The summed E-state index contributed by atoms with van der Waals surface area (Å²) in [6, 6.07) is 9.70. The largest absolute Gasteiger partial charge is 0.301 e. The van der Waals surface area contributed by atoms with Crippen molar-refractivity contribution in [1.82, 2.24) is 14.7 Å². The van der Waals surface area contributed by atoms with Crippen molar-refractivity contribution in [3.8, 4) is 5.69 Å². The lowest BCUT2D eigenvalue weighted by Crippen LogP contribution is -2.29. The Morgan fingerprint density at radius 2 is 2.00 bits per heavy atom. The molecular weight excluding hydrogens is 214 g/mol. The van der Waals surface area contributed by atoms with Crippen molar-refractivity contribution in [1.29, 1.82) is 0 Å². The van der Waals surface area contributed by atoms with E-state index in [1.54, 1.807) is 4.68 Å². The molecule has 0 amide bonds. The summed E-state index contributed by atoms with van der Waals surface area (Å²) in [6.07, 6.45) is 0.918. The minimum Gasteiger partial charge on any atom is -0.301 e. The Labute approximate surface area is 99.5 Å². The summed E-state index contributed by atoms with van der Waals surface area (Å²) in [5, 5.41) is 3.22. The molecule has 1 aromatic carbocycles. The molecule has 88 valence electrons. The van der Waals surface area contributed by atoms with Crippen LogP contribution >= 0.6 is 0 Å². The van der Waals surface area contributed by atoms with Gasteiger partial charge in [-0.05, 0) is 19.2 Å². The molecule has 1 aliphatic rings. The van der Waals surface area contributed by atoms with Gasteiger partial charge in [-0.2, -0.15) is 0 Å². The number of likely N-dealkylation sites (N-methyl/N-ethyl adjacent to an activating group) is 1. The van der Waals surface area contributed by atoms with Gasteiger partial charge in [0.2, 0.25) is 0 Å². The van der Waals surface area contributed by atoms with Gasteiger partial charge in [0.15, 0.2) is 0 Å². The number of rotatable bonds is 1. The van der Waals surface area contributed by atoms with Crippen molar-refractivity contribution in [3.05, 3.63) is 51.9 Å². The van der Waals surface area contributed by atoms with Crippen LogP contribution in [0.4, 0.5) is 0 Å². The minimum atomic E-state index is 0.0813. The number of nitrogens with zero attached hydrogens (tertiary/aromatic N) is 2. The summed E-state index contributed by atoms with van der Waals surface area (Å²) in [5.41, 5.74) is 2.96. The van der Waals surface area contributed by atoms with Crippen molar-refractivity contribution in [3.63, 3.8) is 0 Å². The third-order valence-corrected chi connectivity index (χ3v) is 3.26. The van der Waals surface area contributed by atoms with E-state index in [1.807, 2.05) is 37.4 Å². The van der Waals surface area contributed by atoms with Gasteiger partial charge in [0.1, 0.15) is 0 Å². The first kappa shape index (κ1) is 10.4. The first-order chi connectivity index (χ1) is 8.25. The smallest absolute Gasteiger partial charge is 0.275 e. The summed E-state index contributed by atoms with van der Waals surface area (Å²) in [4.78, 5) is 14.4. The van der Waals surface area contributed by atoms with E-state index >= 15 is 0 Å². The molecule has 0 spiro atoms. The topological polar surface area (TPSA) is 41.0 Å². The quantitative estimate of drug-likeness (QED) is 0.797. The second-order valence-corrected chi connectivity index (χ2v) is 4.53. The van der Waals surface area contributed by atoms with Crippen molar-refractivity contribution in [2.75, 3.05) is 13.6 Å². The van der Waals surface area contributed by atoms with E-state index in [2.05, 4.69) is 10.00 Å². The molecule has 0 bridgehead atoms. The lowest BCUT2D eigenvalue weighted by atomic mass is 10.1. The molecule has 1 aromatic heterocycles. The molecule has 0 radical (unpaired) electrons. The third-order valence-electron chi connectivity index (χ3n) is 3.26.